The number of hydrogen-bond acceptors (Lipinski definition) is 6. The van der Waals surface area contributed by atoms with Gasteiger partial charge in [-0.05, 0) is 34.7 Å². The lowest BCUT2D eigenvalue weighted by Crippen LogP contribution is -2.22. The highest BCUT2D eigenvalue weighted by Crippen LogP contribution is 2.24. The highest BCUT2D eigenvalue weighted by molar-refractivity contribution is 14.1. The smallest absolute Gasteiger partial charge is 0.230 e. The lowest BCUT2D eigenvalue weighted by molar-refractivity contribution is 0.0810. The first-order chi connectivity index (χ1) is 12.7. The molecule has 1 N–H and O–H groups in total. The van der Waals surface area contributed by atoms with Gasteiger partial charge in [-0.2, -0.15) is 10.1 Å². The molecule has 0 fully saturated rings. The van der Waals surface area contributed by atoms with E-state index in [1.807, 2.05) is 0 Å². The van der Waals surface area contributed by atoms with Gasteiger partial charge in [0, 0.05) is 20.9 Å². The van der Waals surface area contributed by atoms with E-state index in [1.165, 1.54) is 6.07 Å². The lowest BCUT2D eigenvalue weighted by Gasteiger charge is -2.15. The molecule has 11 heteroatoms. The maximum atomic E-state index is 13.1. The molecule has 7 nitrogen and oxygen atoms in total. The van der Waals surface area contributed by atoms with Crippen molar-refractivity contribution < 1.29 is 9.13 Å². The SMILES string of the molecule is C[Si](C)(C)CCOCn1nc(I)c2cnc(Nc3ncc(F)cc3Cl)nc21. The van der Waals surface area contributed by atoms with Gasteiger partial charge in [0.1, 0.15) is 16.2 Å². The monoisotopic (exact) mass is 520 g/mol. The van der Waals surface area contributed by atoms with Crippen molar-refractivity contribution >= 4 is 65.1 Å². The molecular formula is C16H19ClFIN6OSi. The number of anilines is 2. The Morgan fingerprint density at radius 3 is 2.78 bits per heavy atom. The van der Waals surface area contributed by atoms with Crippen molar-refractivity contribution in [2.45, 2.75) is 32.4 Å². The molecule has 0 radical (unpaired) electrons. The van der Waals surface area contributed by atoms with Crippen molar-refractivity contribution in [2.24, 2.45) is 0 Å². The zero-order valence-corrected chi connectivity index (χ0v) is 19.0. The van der Waals surface area contributed by atoms with E-state index in [-0.39, 0.29) is 10.8 Å². The number of ether oxygens (including phenoxy) is 1. The van der Waals surface area contributed by atoms with Crippen LogP contribution in [-0.2, 0) is 11.5 Å². The Labute approximate surface area is 175 Å². The van der Waals surface area contributed by atoms with Gasteiger partial charge in [0.25, 0.3) is 0 Å². The zero-order valence-electron chi connectivity index (χ0n) is 15.1. The summed E-state index contributed by atoms with van der Waals surface area (Å²) in [7, 11) is -1.14. The third kappa shape index (κ3) is 5.33. The minimum atomic E-state index is -1.14. The van der Waals surface area contributed by atoms with Gasteiger partial charge in [-0.15, -0.1) is 0 Å². The molecule has 0 aliphatic rings. The normalized spacial score (nSPS) is 11.9. The molecule has 144 valence electrons. The molecule has 0 unspecified atom stereocenters. The average molecular weight is 521 g/mol. The zero-order chi connectivity index (χ0) is 19.6. The van der Waals surface area contributed by atoms with Crippen molar-refractivity contribution in [2.75, 3.05) is 11.9 Å². The van der Waals surface area contributed by atoms with Gasteiger partial charge in [-0.3, -0.25) is 0 Å². The van der Waals surface area contributed by atoms with Gasteiger partial charge in [-0.1, -0.05) is 31.2 Å². The van der Waals surface area contributed by atoms with Gasteiger partial charge in [0.2, 0.25) is 5.95 Å². The van der Waals surface area contributed by atoms with Gasteiger partial charge >= 0.3 is 0 Å². The molecule has 3 rings (SSSR count). The van der Waals surface area contributed by atoms with Crippen LogP contribution >= 0.6 is 34.2 Å². The Balaban J connectivity index is 1.79. The van der Waals surface area contributed by atoms with Crippen LogP contribution < -0.4 is 5.32 Å². The van der Waals surface area contributed by atoms with E-state index in [0.717, 1.165) is 21.3 Å². The average Bonchev–Trinajstić information content (AvgIpc) is 2.89. The Kier molecular flexibility index (Phi) is 6.28. The maximum Gasteiger partial charge on any atom is 0.230 e. The summed E-state index contributed by atoms with van der Waals surface area (Å²) in [6, 6.07) is 2.26. The lowest BCUT2D eigenvalue weighted by atomic mass is 10.4. The quantitative estimate of drug-likeness (QED) is 0.277. The van der Waals surface area contributed by atoms with Gasteiger partial charge in [-0.25, -0.2) is 19.0 Å². The second-order valence-corrected chi connectivity index (χ2v) is 14.2. The molecule has 27 heavy (non-hydrogen) atoms. The summed E-state index contributed by atoms with van der Waals surface area (Å²) in [5.74, 6) is 0.0674. The predicted molar refractivity (Wildman–Crippen MR) is 115 cm³/mol. The third-order valence-corrected chi connectivity index (χ3v) is 6.48. The van der Waals surface area contributed by atoms with Crippen LogP contribution in [0.15, 0.2) is 18.5 Å². The molecule has 3 aromatic rings. The Morgan fingerprint density at radius 2 is 2.07 bits per heavy atom. The van der Waals surface area contributed by atoms with Crippen molar-refractivity contribution in [3.05, 3.63) is 33.0 Å². The van der Waals surface area contributed by atoms with Crippen LogP contribution in [0.25, 0.3) is 11.0 Å². The van der Waals surface area contributed by atoms with Gasteiger partial charge in [0.15, 0.2) is 11.5 Å². The van der Waals surface area contributed by atoms with E-state index in [0.29, 0.717) is 24.9 Å². The topological polar surface area (TPSA) is 77.8 Å². The van der Waals surface area contributed by atoms with E-state index in [4.69, 9.17) is 16.3 Å². The van der Waals surface area contributed by atoms with Crippen LogP contribution in [0.2, 0.25) is 30.7 Å². The highest BCUT2D eigenvalue weighted by atomic mass is 127. The number of rotatable bonds is 7. The first-order valence-corrected chi connectivity index (χ1v) is 13.4. The summed E-state index contributed by atoms with van der Waals surface area (Å²) in [6.45, 7) is 7.93. The van der Waals surface area contributed by atoms with Crippen LogP contribution in [0, 0.1) is 9.52 Å². The van der Waals surface area contributed by atoms with Crippen molar-refractivity contribution in [3.8, 4) is 0 Å². The summed E-state index contributed by atoms with van der Waals surface area (Å²) >= 11 is 8.14. The molecular weight excluding hydrogens is 502 g/mol. The molecule has 0 bridgehead atoms. The number of halogens is 3. The molecule has 3 heterocycles. The highest BCUT2D eigenvalue weighted by Gasteiger charge is 2.15. The molecule has 0 saturated heterocycles. The molecule has 0 aliphatic carbocycles. The molecule has 0 spiro atoms. The molecule has 0 saturated carbocycles. The first kappa shape index (κ1) is 20.4. The number of fused-ring (bicyclic) bond motifs is 1. The standard InChI is InChI=1S/C16H19ClFIN6OSi/c1-27(2,3)5-4-26-9-25-15-11(13(19)24-25)8-21-16(23-15)22-14-12(17)6-10(18)7-20-14/h6-8H,4-5,9H2,1-3H3,(H,20,21,22,23). The van der Waals surface area contributed by atoms with E-state index >= 15 is 0 Å². The first-order valence-electron chi connectivity index (χ1n) is 8.28. The van der Waals surface area contributed by atoms with E-state index in [1.54, 1.807) is 10.9 Å². The summed E-state index contributed by atoms with van der Waals surface area (Å²) in [4.78, 5) is 12.7. The van der Waals surface area contributed by atoms with Crippen LogP contribution in [0.3, 0.4) is 0 Å². The predicted octanol–water partition coefficient (Wildman–Crippen LogP) is 4.67. The molecule has 0 aromatic carbocycles. The number of nitrogens with zero attached hydrogens (tertiary/aromatic N) is 5. The number of hydrogen-bond donors (Lipinski definition) is 1. The maximum absolute atomic E-state index is 13.1. The van der Waals surface area contributed by atoms with Crippen molar-refractivity contribution in [1.29, 1.82) is 0 Å². The summed E-state index contributed by atoms with van der Waals surface area (Å²) in [5.41, 5.74) is 0.642. The fourth-order valence-corrected chi connectivity index (χ4v) is 3.81. The minimum absolute atomic E-state index is 0.150. The molecule has 3 aromatic heterocycles. The van der Waals surface area contributed by atoms with Gasteiger partial charge in [0.05, 0.1) is 16.6 Å². The Hall–Kier alpha value is -1.37. The van der Waals surface area contributed by atoms with Crippen molar-refractivity contribution in [3.63, 3.8) is 0 Å². The summed E-state index contributed by atoms with van der Waals surface area (Å²) in [6.07, 6.45) is 2.75. The largest absolute Gasteiger partial charge is 0.359 e. The second-order valence-electron chi connectivity index (χ2n) is 7.18. The molecule has 0 amide bonds. The number of nitrogens with one attached hydrogen (secondary N) is 1. The second kappa shape index (κ2) is 8.33. The van der Waals surface area contributed by atoms with Crippen LogP contribution in [0.5, 0.6) is 0 Å². The van der Waals surface area contributed by atoms with Crippen LogP contribution in [-0.4, -0.2) is 39.4 Å². The van der Waals surface area contributed by atoms with Crippen LogP contribution in [0.1, 0.15) is 0 Å². The Bertz CT molecular complexity index is 964. The van der Waals surface area contributed by atoms with Crippen LogP contribution in [0.4, 0.5) is 16.2 Å². The summed E-state index contributed by atoms with van der Waals surface area (Å²) in [5, 5.41) is 8.35. The fraction of sp³-hybridized carbons (Fsp3) is 0.375. The van der Waals surface area contributed by atoms with E-state index in [9.17, 15) is 4.39 Å². The minimum Gasteiger partial charge on any atom is -0.359 e. The number of aromatic nitrogens is 5. The fourth-order valence-electron chi connectivity index (χ4n) is 2.21. The third-order valence-electron chi connectivity index (χ3n) is 3.69. The van der Waals surface area contributed by atoms with Crippen molar-refractivity contribution in [1.82, 2.24) is 24.7 Å². The summed E-state index contributed by atoms with van der Waals surface area (Å²) < 4.78 is 21.4. The van der Waals surface area contributed by atoms with E-state index in [2.05, 4.69) is 67.6 Å². The number of pyridine rings is 1. The molecule has 0 aliphatic heterocycles. The van der Waals surface area contributed by atoms with Gasteiger partial charge < -0.3 is 10.1 Å². The molecule has 0 atom stereocenters. The van der Waals surface area contributed by atoms with E-state index < -0.39 is 13.9 Å². The Morgan fingerprint density at radius 1 is 1.30 bits per heavy atom.